The van der Waals surface area contributed by atoms with Crippen LogP contribution in [-0.4, -0.2) is 45.0 Å². The lowest BCUT2D eigenvalue weighted by Crippen LogP contribution is -2.45. The van der Waals surface area contributed by atoms with Crippen molar-refractivity contribution in [1.29, 1.82) is 0 Å². The van der Waals surface area contributed by atoms with E-state index in [1.54, 1.807) is 14.2 Å². The number of carbonyl (C=O) groups is 1. The van der Waals surface area contributed by atoms with E-state index in [0.29, 0.717) is 12.1 Å². The van der Waals surface area contributed by atoms with Gasteiger partial charge in [0.1, 0.15) is 0 Å². The molecular weight excluding hydrogens is 246 g/mol. The van der Waals surface area contributed by atoms with Crippen molar-refractivity contribution >= 4 is 24.7 Å². The van der Waals surface area contributed by atoms with Crippen molar-refractivity contribution in [2.45, 2.75) is 32.0 Å². The van der Waals surface area contributed by atoms with Crippen molar-refractivity contribution < 1.29 is 22.5 Å². The highest BCUT2D eigenvalue weighted by Crippen LogP contribution is 2.18. The number of primary amides is 1. The summed E-state index contributed by atoms with van der Waals surface area (Å²) < 4.78 is 21.0. The highest BCUT2D eigenvalue weighted by Gasteiger charge is 2.39. The minimum atomic E-state index is -2.60. The second kappa shape index (κ2) is 7.79. The number of rotatable bonds is 8. The molecule has 0 heterocycles. The fourth-order valence-electron chi connectivity index (χ4n) is 1.13. The lowest BCUT2D eigenvalue weighted by molar-refractivity contribution is 0.0710. The van der Waals surface area contributed by atoms with Crippen molar-refractivity contribution in [2.75, 3.05) is 14.2 Å². The van der Waals surface area contributed by atoms with Gasteiger partial charge in [-0.3, -0.25) is 0 Å². The fourth-order valence-corrected chi connectivity index (χ4v) is 4.61. The van der Waals surface area contributed by atoms with E-state index in [4.69, 9.17) is 19.0 Å². The molecule has 0 atom stereocenters. The van der Waals surface area contributed by atoms with Gasteiger partial charge in [0.05, 0.1) is 0 Å². The third kappa shape index (κ3) is 6.23. The van der Waals surface area contributed by atoms with E-state index in [9.17, 15) is 4.79 Å². The van der Waals surface area contributed by atoms with Crippen LogP contribution in [0.25, 0.3) is 0 Å². The Labute approximate surface area is 99.7 Å². The lowest BCUT2D eigenvalue weighted by atomic mass is 10.5. The Kier molecular flexibility index (Phi) is 7.59. The Morgan fingerprint density at radius 2 is 1.94 bits per heavy atom. The van der Waals surface area contributed by atoms with E-state index >= 15 is 0 Å². The van der Waals surface area contributed by atoms with Gasteiger partial charge in [0, 0.05) is 26.4 Å². The zero-order valence-corrected chi connectivity index (χ0v) is 12.1. The molecule has 0 aromatic heterocycles. The Morgan fingerprint density at radius 1 is 1.38 bits per heavy atom. The van der Waals surface area contributed by atoms with Crippen LogP contribution in [0.2, 0.25) is 12.1 Å². The quantitative estimate of drug-likeness (QED) is 0.518. The molecule has 0 rings (SSSR count). The number of hydrogen-bond acceptors (Lipinski definition) is 5. The summed E-state index contributed by atoms with van der Waals surface area (Å²) in [4.78, 5) is 10.4. The minimum absolute atomic E-state index is 0.00895. The molecule has 0 aliphatic heterocycles. The Hall–Kier alpha value is -0.416. The Morgan fingerprint density at radius 3 is 2.31 bits per heavy atom. The molecule has 94 valence electrons. The maximum atomic E-state index is 10.4. The first kappa shape index (κ1) is 15.6. The molecule has 0 saturated heterocycles. The zero-order chi connectivity index (χ0) is 12.6. The molecule has 0 unspecified atom stereocenters. The second-order valence-electron chi connectivity index (χ2n) is 3.32. The smallest absolute Gasteiger partial charge is 0.500 e. The van der Waals surface area contributed by atoms with Crippen LogP contribution in [-0.2, 0) is 17.7 Å². The van der Waals surface area contributed by atoms with Crippen LogP contribution < -0.4 is 5.73 Å². The highest BCUT2D eigenvalue weighted by atomic mass is 28.4. The molecule has 0 spiro atoms. The van der Waals surface area contributed by atoms with Crippen LogP contribution in [0.15, 0.2) is 0 Å². The van der Waals surface area contributed by atoms with E-state index in [-0.39, 0.29) is 15.9 Å². The maximum absolute atomic E-state index is 10.4. The normalized spacial score (nSPS) is 11.8. The molecule has 8 heteroatoms. The second-order valence-corrected chi connectivity index (χ2v) is 7.23. The summed E-state index contributed by atoms with van der Waals surface area (Å²) >= 11 is 0. The molecule has 0 fully saturated rings. The number of carbonyl (C=O) groups excluding carboxylic acids is 1. The maximum Gasteiger partial charge on any atom is 0.500 e. The average molecular weight is 265 g/mol. The average Bonchev–Trinajstić information content (AvgIpc) is 2.22. The van der Waals surface area contributed by atoms with E-state index in [1.807, 2.05) is 13.8 Å². The first-order valence-corrected chi connectivity index (χ1v) is 7.97. The highest BCUT2D eigenvalue weighted by molar-refractivity contribution is 6.61. The molecule has 1 amide bonds. The summed E-state index contributed by atoms with van der Waals surface area (Å²) in [6, 6.07) is 1.23. The summed E-state index contributed by atoms with van der Waals surface area (Å²) in [6.07, 6.45) is -0.725. The van der Waals surface area contributed by atoms with Crippen molar-refractivity contribution in [3.8, 4) is 0 Å². The van der Waals surface area contributed by atoms with Crippen LogP contribution in [0.4, 0.5) is 4.79 Å². The first-order valence-electron chi connectivity index (χ1n) is 4.93. The van der Waals surface area contributed by atoms with Gasteiger partial charge in [-0.25, -0.2) is 4.79 Å². The molecule has 0 aromatic rings. The SMILES string of the molecule is CO[Si](CC[Si]OC(N)=O)(OC)OC(C)C. The molecule has 2 radical (unpaired) electrons. The van der Waals surface area contributed by atoms with Crippen molar-refractivity contribution in [3.05, 3.63) is 0 Å². The van der Waals surface area contributed by atoms with Gasteiger partial charge in [0.2, 0.25) is 0 Å². The molecular formula is C8H19NO5Si2. The third-order valence-electron chi connectivity index (χ3n) is 1.74. The minimum Gasteiger partial charge on any atom is -0.501 e. The molecule has 6 nitrogen and oxygen atoms in total. The largest absolute Gasteiger partial charge is 0.501 e. The lowest BCUT2D eigenvalue weighted by Gasteiger charge is -2.28. The summed E-state index contributed by atoms with van der Waals surface area (Å²) in [5.74, 6) is 0. The molecule has 0 aliphatic rings. The third-order valence-corrected chi connectivity index (χ3v) is 5.98. The summed E-state index contributed by atoms with van der Waals surface area (Å²) in [5, 5.41) is 0. The van der Waals surface area contributed by atoms with Crippen LogP contribution >= 0.6 is 0 Å². The van der Waals surface area contributed by atoms with Crippen LogP contribution in [0.5, 0.6) is 0 Å². The summed E-state index contributed by atoms with van der Waals surface area (Å²) in [6.45, 7) is 3.84. The Balaban J connectivity index is 4.06. The van der Waals surface area contributed by atoms with Crippen molar-refractivity contribution in [1.82, 2.24) is 0 Å². The topological polar surface area (TPSA) is 80.0 Å². The number of hydrogen-bond donors (Lipinski definition) is 1. The molecule has 0 aromatic carbocycles. The van der Waals surface area contributed by atoms with Crippen molar-refractivity contribution in [3.63, 3.8) is 0 Å². The molecule has 2 N–H and O–H groups in total. The van der Waals surface area contributed by atoms with Gasteiger partial charge in [0.15, 0.2) is 0 Å². The van der Waals surface area contributed by atoms with Gasteiger partial charge in [-0.1, -0.05) is 0 Å². The fraction of sp³-hybridized carbons (Fsp3) is 0.875. The molecule has 0 saturated carbocycles. The predicted molar refractivity (Wildman–Crippen MR) is 62.0 cm³/mol. The van der Waals surface area contributed by atoms with Gasteiger partial charge in [-0.2, -0.15) is 0 Å². The number of amides is 1. The van der Waals surface area contributed by atoms with Crippen LogP contribution in [0.1, 0.15) is 13.8 Å². The van der Waals surface area contributed by atoms with Crippen LogP contribution in [0, 0.1) is 0 Å². The van der Waals surface area contributed by atoms with E-state index < -0.39 is 14.9 Å². The van der Waals surface area contributed by atoms with Crippen molar-refractivity contribution in [2.24, 2.45) is 5.73 Å². The Bertz CT molecular complexity index is 211. The van der Waals surface area contributed by atoms with E-state index in [1.165, 1.54) is 0 Å². The van der Waals surface area contributed by atoms with Gasteiger partial charge >= 0.3 is 24.7 Å². The summed E-state index contributed by atoms with van der Waals surface area (Å²) in [5.41, 5.74) is 4.85. The zero-order valence-electron chi connectivity index (χ0n) is 10.1. The monoisotopic (exact) mass is 265 g/mol. The van der Waals surface area contributed by atoms with Crippen LogP contribution in [0.3, 0.4) is 0 Å². The van der Waals surface area contributed by atoms with Gasteiger partial charge in [-0.05, 0) is 19.9 Å². The van der Waals surface area contributed by atoms with Gasteiger partial charge < -0.3 is 23.4 Å². The van der Waals surface area contributed by atoms with Gasteiger partial charge in [0.25, 0.3) is 0 Å². The van der Waals surface area contributed by atoms with E-state index in [0.717, 1.165) is 0 Å². The summed E-state index contributed by atoms with van der Waals surface area (Å²) in [7, 11) is 0.537. The first-order chi connectivity index (χ1) is 7.45. The molecule has 16 heavy (non-hydrogen) atoms. The molecule has 0 aliphatic carbocycles. The van der Waals surface area contributed by atoms with E-state index in [2.05, 4.69) is 4.43 Å². The standard InChI is InChI=1S/C8H19NO5Si2/c1-7(2)14-16(11-3,12-4)6-5-15-13-8(9)10/h7H,5-6H2,1-4H3,(H2,9,10). The van der Waals surface area contributed by atoms with Gasteiger partial charge in [-0.15, -0.1) is 0 Å². The molecule has 0 bridgehead atoms. The predicted octanol–water partition coefficient (Wildman–Crippen LogP) is 0.776. The number of nitrogens with two attached hydrogens (primary N) is 1.